The third-order valence-electron chi connectivity index (χ3n) is 2.83. The summed E-state index contributed by atoms with van der Waals surface area (Å²) in [6.07, 6.45) is -0.486. The van der Waals surface area contributed by atoms with E-state index >= 15 is 0 Å². The maximum absolute atomic E-state index is 10.1. The normalized spacial score (nSPS) is 15.4. The molecule has 0 saturated heterocycles. The van der Waals surface area contributed by atoms with Gasteiger partial charge < -0.3 is 5.11 Å². The van der Waals surface area contributed by atoms with Crippen molar-refractivity contribution in [2.24, 2.45) is 11.8 Å². The number of halogens is 2. The van der Waals surface area contributed by atoms with E-state index in [0.29, 0.717) is 16.0 Å². The summed E-state index contributed by atoms with van der Waals surface area (Å²) in [5.74, 6) is 0.622. The summed E-state index contributed by atoms with van der Waals surface area (Å²) in [6, 6.07) is 5.26. The molecule has 1 nitrogen and oxygen atoms in total. The van der Waals surface area contributed by atoms with Crippen LogP contribution in [0.1, 0.15) is 32.4 Å². The van der Waals surface area contributed by atoms with E-state index in [9.17, 15) is 5.11 Å². The molecular formula is C12H16Cl2O. The van der Waals surface area contributed by atoms with E-state index in [0.717, 1.165) is 5.56 Å². The largest absolute Gasteiger partial charge is 0.388 e. The Kier molecular flexibility index (Phi) is 4.45. The van der Waals surface area contributed by atoms with E-state index in [1.807, 2.05) is 13.0 Å². The van der Waals surface area contributed by atoms with E-state index in [4.69, 9.17) is 23.2 Å². The Morgan fingerprint density at radius 2 is 1.67 bits per heavy atom. The van der Waals surface area contributed by atoms with Gasteiger partial charge in [-0.15, -0.1) is 0 Å². The number of hydrogen-bond donors (Lipinski definition) is 1. The Morgan fingerprint density at radius 1 is 1.07 bits per heavy atom. The topological polar surface area (TPSA) is 20.2 Å². The first-order valence-corrected chi connectivity index (χ1v) is 5.82. The SMILES string of the molecule is CC(C)C(C)C(O)c1ccc(Cl)c(Cl)c1. The Hall–Kier alpha value is -0.240. The molecule has 1 aromatic rings. The van der Waals surface area contributed by atoms with Gasteiger partial charge in [0.25, 0.3) is 0 Å². The lowest BCUT2D eigenvalue weighted by Crippen LogP contribution is -2.14. The highest BCUT2D eigenvalue weighted by Crippen LogP contribution is 2.31. The monoisotopic (exact) mass is 246 g/mol. The van der Waals surface area contributed by atoms with Crippen LogP contribution in [0.5, 0.6) is 0 Å². The second kappa shape index (κ2) is 5.20. The Balaban J connectivity index is 2.91. The van der Waals surface area contributed by atoms with Gasteiger partial charge in [-0.2, -0.15) is 0 Å². The molecule has 0 radical (unpaired) electrons. The molecule has 0 aliphatic heterocycles. The summed E-state index contributed by atoms with van der Waals surface area (Å²) in [7, 11) is 0. The van der Waals surface area contributed by atoms with Crippen molar-refractivity contribution < 1.29 is 5.11 Å². The van der Waals surface area contributed by atoms with Gasteiger partial charge in [-0.3, -0.25) is 0 Å². The number of aliphatic hydroxyl groups excluding tert-OH is 1. The molecule has 2 unspecified atom stereocenters. The van der Waals surface area contributed by atoms with E-state index in [2.05, 4.69) is 13.8 Å². The lowest BCUT2D eigenvalue weighted by Gasteiger charge is -2.22. The van der Waals surface area contributed by atoms with Crippen molar-refractivity contribution in [1.82, 2.24) is 0 Å². The molecule has 1 N–H and O–H groups in total. The van der Waals surface area contributed by atoms with Crippen molar-refractivity contribution in [1.29, 1.82) is 0 Å². The van der Waals surface area contributed by atoms with Crippen molar-refractivity contribution in [2.75, 3.05) is 0 Å². The molecule has 0 aliphatic rings. The fourth-order valence-electron chi connectivity index (χ4n) is 1.36. The van der Waals surface area contributed by atoms with Gasteiger partial charge in [-0.1, -0.05) is 50.0 Å². The zero-order valence-corrected chi connectivity index (χ0v) is 10.7. The van der Waals surface area contributed by atoms with Crippen LogP contribution >= 0.6 is 23.2 Å². The quantitative estimate of drug-likeness (QED) is 0.843. The number of rotatable bonds is 3. The van der Waals surface area contributed by atoms with Crippen LogP contribution in [0, 0.1) is 11.8 Å². The highest BCUT2D eigenvalue weighted by Gasteiger charge is 2.19. The zero-order chi connectivity index (χ0) is 11.6. The van der Waals surface area contributed by atoms with Gasteiger partial charge in [0.05, 0.1) is 16.1 Å². The van der Waals surface area contributed by atoms with Crippen molar-refractivity contribution in [3.05, 3.63) is 33.8 Å². The molecule has 0 heterocycles. The first-order valence-electron chi connectivity index (χ1n) is 5.06. The van der Waals surface area contributed by atoms with E-state index in [1.54, 1.807) is 12.1 Å². The highest BCUT2D eigenvalue weighted by molar-refractivity contribution is 6.42. The van der Waals surface area contributed by atoms with Crippen molar-refractivity contribution >= 4 is 23.2 Å². The molecule has 0 fully saturated rings. The van der Waals surface area contributed by atoms with E-state index in [1.165, 1.54) is 0 Å². The van der Waals surface area contributed by atoms with Crippen LogP contribution in [0.25, 0.3) is 0 Å². The standard InChI is InChI=1S/C12H16Cl2O/c1-7(2)8(3)12(15)9-4-5-10(13)11(14)6-9/h4-8,12,15H,1-3H3. The van der Waals surface area contributed by atoms with Gasteiger partial charge >= 0.3 is 0 Å². The predicted octanol–water partition coefficient (Wildman–Crippen LogP) is 4.32. The van der Waals surface area contributed by atoms with Gasteiger partial charge in [0.2, 0.25) is 0 Å². The van der Waals surface area contributed by atoms with Gasteiger partial charge in [-0.05, 0) is 29.5 Å². The average molecular weight is 247 g/mol. The molecule has 0 saturated carbocycles. The highest BCUT2D eigenvalue weighted by atomic mass is 35.5. The Labute approximate surface area is 101 Å². The molecule has 0 amide bonds. The molecule has 84 valence electrons. The summed E-state index contributed by atoms with van der Waals surface area (Å²) in [4.78, 5) is 0. The maximum atomic E-state index is 10.1. The Bertz CT molecular complexity index is 336. The first kappa shape index (κ1) is 12.8. The zero-order valence-electron chi connectivity index (χ0n) is 9.17. The number of benzene rings is 1. The van der Waals surface area contributed by atoms with Crippen LogP contribution in [0.15, 0.2) is 18.2 Å². The van der Waals surface area contributed by atoms with Gasteiger partial charge in [0, 0.05) is 0 Å². The summed E-state index contributed by atoms with van der Waals surface area (Å²) in [5, 5.41) is 11.1. The third kappa shape index (κ3) is 3.10. The van der Waals surface area contributed by atoms with Crippen LogP contribution in [0.2, 0.25) is 10.0 Å². The summed E-state index contributed by atoms with van der Waals surface area (Å²) in [6.45, 7) is 6.20. The third-order valence-corrected chi connectivity index (χ3v) is 3.57. The summed E-state index contributed by atoms with van der Waals surface area (Å²) < 4.78 is 0. The molecular weight excluding hydrogens is 231 g/mol. The molecule has 0 spiro atoms. The van der Waals surface area contributed by atoms with Crippen LogP contribution in [0.3, 0.4) is 0 Å². The number of hydrogen-bond acceptors (Lipinski definition) is 1. The second-order valence-corrected chi connectivity index (χ2v) is 5.04. The minimum atomic E-state index is -0.486. The fraction of sp³-hybridized carbons (Fsp3) is 0.500. The molecule has 1 rings (SSSR count). The number of aliphatic hydroxyl groups is 1. The fourth-order valence-corrected chi connectivity index (χ4v) is 1.67. The molecule has 15 heavy (non-hydrogen) atoms. The molecule has 2 atom stereocenters. The minimum Gasteiger partial charge on any atom is -0.388 e. The maximum Gasteiger partial charge on any atom is 0.0818 e. The van der Waals surface area contributed by atoms with Crippen LogP contribution in [-0.4, -0.2) is 5.11 Å². The second-order valence-electron chi connectivity index (χ2n) is 4.22. The van der Waals surface area contributed by atoms with Gasteiger partial charge in [-0.25, -0.2) is 0 Å². The molecule has 0 bridgehead atoms. The van der Waals surface area contributed by atoms with Crippen molar-refractivity contribution in [3.8, 4) is 0 Å². The molecule has 3 heteroatoms. The van der Waals surface area contributed by atoms with Crippen molar-refractivity contribution in [3.63, 3.8) is 0 Å². The lowest BCUT2D eigenvalue weighted by molar-refractivity contribution is 0.0921. The molecule has 0 aromatic heterocycles. The van der Waals surface area contributed by atoms with Gasteiger partial charge in [0.15, 0.2) is 0 Å². The smallest absolute Gasteiger partial charge is 0.0818 e. The van der Waals surface area contributed by atoms with Crippen molar-refractivity contribution in [2.45, 2.75) is 26.9 Å². The summed E-state index contributed by atoms with van der Waals surface area (Å²) >= 11 is 11.7. The molecule has 1 aromatic carbocycles. The predicted molar refractivity (Wildman–Crippen MR) is 65.4 cm³/mol. The van der Waals surface area contributed by atoms with Crippen LogP contribution in [-0.2, 0) is 0 Å². The minimum absolute atomic E-state index is 0.197. The Morgan fingerprint density at radius 3 is 2.13 bits per heavy atom. The average Bonchev–Trinajstić information content (AvgIpc) is 2.19. The van der Waals surface area contributed by atoms with E-state index < -0.39 is 6.10 Å². The van der Waals surface area contributed by atoms with Crippen LogP contribution in [0.4, 0.5) is 0 Å². The summed E-state index contributed by atoms with van der Waals surface area (Å²) in [5.41, 5.74) is 0.825. The van der Waals surface area contributed by atoms with Crippen LogP contribution < -0.4 is 0 Å². The molecule has 0 aliphatic carbocycles. The first-order chi connectivity index (χ1) is 6.93. The lowest BCUT2D eigenvalue weighted by atomic mass is 9.88. The van der Waals surface area contributed by atoms with E-state index in [-0.39, 0.29) is 5.92 Å². The van der Waals surface area contributed by atoms with Gasteiger partial charge in [0.1, 0.15) is 0 Å².